The van der Waals surface area contributed by atoms with Crippen LogP contribution in [0.4, 0.5) is 17.1 Å². The molecule has 0 heterocycles. The van der Waals surface area contributed by atoms with Crippen molar-refractivity contribution < 1.29 is 9.59 Å². The number of para-hydroxylation sites is 2. The molecule has 3 rings (SSSR count). The fraction of sp³-hybridized carbons (Fsp3) is 0. The molecule has 0 unspecified atom stereocenters. The maximum atomic E-state index is 12.4. The second-order valence-electron chi connectivity index (χ2n) is 5.21. The summed E-state index contributed by atoms with van der Waals surface area (Å²) in [6, 6.07) is 23.8. The van der Waals surface area contributed by atoms with Crippen LogP contribution in [0, 0.1) is 0 Å². The number of carbonyl (C=O) groups is 2. The highest BCUT2D eigenvalue weighted by Gasteiger charge is 2.08. The number of nitrogens with one attached hydrogen (secondary N) is 2. The van der Waals surface area contributed by atoms with Gasteiger partial charge in [0.1, 0.15) is 0 Å². The van der Waals surface area contributed by atoms with Gasteiger partial charge in [-0.3, -0.25) is 9.59 Å². The molecule has 0 bridgehead atoms. The van der Waals surface area contributed by atoms with Crippen molar-refractivity contribution in [2.45, 2.75) is 0 Å². The normalized spacial score (nSPS) is 10.0. The van der Waals surface area contributed by atoms with Gasteiger partial charge in [0.15, 0.2) is 5.78 Å². The molecule has 118 valence electrons. The average Bonchev–Trinajstić information content (AvgIpc) is 2.64. The first-order chi connectivity index (χ1) is 11.8. The van der Waals surface area contributed by atoms with Crippen LogP contribution in [-0.4, -0.2) is 12.2 Å². The number of hydrogen-bond donors (Lipinski definition) is 2. The Bertz CT molecular complexity index is 843. The van der Waals surface area contributed by atoms with Gasteiger partial charge < -0.3 is 10.6 Å². The number of carbonyl (C=O) groups excluding carboxylic acids is 2. The van der Waals surface area contributed by atoms with Crippen LogP contribution in [0.15, 0.2) is 78.9 Å². The molecule has 2 N–H and O–H groups in total. The summed E-state index contributed by atoms with van der Waals surface area (Å²) in [6.45, 7) is 0. The third kappa shape index (κ3) is 3.50. The van der Waals surface area contributed by atoms with Crippen LogP contribution in [-0.2, 0) is 4.79 Å². The molecule has 0 spiro atoms. The number of ketones is 1. The van der Waals surface area contributed by atoms with Crippen LogP contribution in [0.5, 0.6) is 0 Å². The van der Waals surface area contributed by atoms with E-state index in [9.17, 15) is 9.59 Å². The lowest BCUT2D eigenvalue weighted by molar-refractivity contribution is -0.105. The van der Waals surface area contributed by atoms with E-state index in [2.05, 4.69) is 10.6 Å². The Morgan fingerprint density at radius 3 is 1.96 bits per heavy atom. The number of hydrogen-bond acceptors (Lipinski definition) is 3. The van der Waals surface area contributed by atoms with E-state index >= 15 is 0 Å². The first-order valence-electron chi connectivity index (χ1n) is 7.54. The minimum atomic E-state index is -0.00910. The number of anilines is 3. The van der Waals surface area contributed by atoms with Gasteiger partial charge in [-0.25, -0.2) is 0 Å². The Labute approximate surface area is 140 Å². The van der Waals surface area contributed by atoms with Gasteiger partial charge >= 0.3 is 0 Å². The van der Waals surface area contributed by atoms with E-state index in [1.165, 1.54) is 0 Å². The van der Waals surface area contributed by atoms with Gasteiger partial charge in [0.25, 0.3) is 0 Å². The molecule has 0 saturated carbocycles. The standard InChI is InChI=1S/C20H16N2O2/c23-14-21-18-8-4-5-9-19(18)22-17-12-10-16(11-13-17)20(24)15-6-2-1-3-7-15/h1-14,22H,(H,21,23). The number of rotatable bonds is 6. The number of benzene rings is 3. The van der Waals surface area contributed by atoms with Crippen LogP contribution in [0.3, 0.4) is 0 Å². The lowest BCUT2D eigenvalue weighted by atomic mass is 10.0. The maximum Gasteiger partial charge on any atom is 0.211 e. The molecule has 0 aromatic heterocycles. The third-order valence-electron chi connectivity index (χ3n) is 3.60. The lowest BCUT2D eigenvalue weighted by Crippen LogP contribution is -2.02. The van der Waals surface area contributed by atoms with Crippen molar-refractivity contribution in [3.8, 4) is 0 Å². The van der Waals surface area contributed by atoms with Crippen LogP contribution in [0.25, 0.3) is 0 Å². The maximum absolute atomic E-state index is 12.4. The van der Waals surface area contributed by atoms with E-state index in [1.54, 1.807) is 24.3 Å². The number of amides is 1. The summed E-state index contributed by atoms with van der Waals surface area (Å²) in [5.74, 6) is -0.00910. The second-order valence-corrected chi connectivity index (χ2v) is 5.21. The van der Waals surface area contributed by atoms with Crippen LogP contribution in [0.1, 0.15) is 15.9 Å². The Kier molecular flexibility index (Phi) is 4.68. The van der Waals surface area contributed by atoms with Gasteiger partial charge in [0.2, 0.25) is 6.41 Å². The summed E-state index contributed by atoms with van der Waals surface area (Å²) in [5.41, 5.74) is 3.60. The highest BCUT2D eigenvalue weighted by molar-refractivity contribution is 6.09. The molecule has 3 aromatic carbocycles. The molecule has 24 heavy (non-hydrogen) atoms. The van der Waals surface area contributed by atoms with Crippen molar-refractivity contribution in [2.24, 2.45) is 0 Å². The topological polar surface area (TPSA) is 58.2 Å². The fourth-order valence-electron chi connectivity index (χ4n) is 2.40. The van der Waals surface area contributed by atoms with Crippen LogP contribution < -0.4 is 10.6 Å². The SMILES string of the molecule is O=CNc1ccccc1Nc1ccc(C(=O)c2ccccc2)cc1. The van der Waals surface area contributed by atoms with Gasteiger partial charge in [0, 0.05) is 16.8 Å². The molecular weight excluding hydrogens is 300 g/mol. The first kappa shape index (κ1) is 15.5. The molecule has 4 heteroatoms. The predicted octanol–water partition coefficient (Wildman–Crippen LogP) is 4.23. The largest absolute Gasteiger partial charge is 0.354 e. The third-order valence-corrected chi connectivity index (χ3v) is 3.60. The van der Waals surface area contributed by atoms with E-state index in [0.717, 1.165) is 11.4 Å². The molecule has 4 nitrogen and oxygen atoms in total. The van der Waals surface area contributed by atoms with Crippen molar-refractivity contribution in [2.75, 3.05) is 10.6 Å². The zero-order valence-electron chi connectivity index (χ0n) is 12.9. The summed E-state index contributed by atoms with van der Waals surface area (Å²) in [4.78, 5) is 23.0. The zero-order chi connectivity index (χ0) is 16.8. The first-order valence-corrected chi connectivity index (χ1v) is 7.54. The lowest BCUT2D eigenvalue weighted by Gasteiger charge is -2.11. The van der Waals surface area contributed by atoms with Gasteiger partial charge in [0.05, 0.1) is 11.4 Å². The van der Waals surface area contributed by atoms with E-state index in [1.807, 2.05) is 54.6 Å². The van der Waals surface area contributed by atoms with Crippen molar-refractivity contribution in [3.63, 3.8) is 0 Å². The van der Waals surface area contributed by atoms with Crippen LogP contribution in [0.2, 0.25) is 0 Å². The Morgan fingerprint density at radius 1 is 0.708 bits per heavy atom. The highest BCUT2D eigenvalue weighted by atomic mass is 16.1. The van der Waals surface area contributed by atoms with E-state index in [4.69, 9.17) is 0 Å². The Balaban J connectivity index is 1.78. The Hall–Kier alpha value is -3.40. The smallest absolute Gasteiger partial charge is 0.211 e. The van der Waals surface area contributed by atoms with E-state index in [0.29, 0.717) is 23.2 Å². The van der Waals surface area contributed by atoms with Crippen molar-refractivity contribution in [1.29, 1.82) is 0 Å². The predicted molar refractivity (Wildman–Crippen MR) is 95.7 cm³/mol. The van der Waals surface area contributed by atoms with E-state index in [-0.39, 0.29) is 5.78 Å². The van der Waals surface area contributed by atoms with Crippen LogP contribution >= 0.6 is 0 Å². The molecule has 0 radical (unpaired) electrons. The highest BCUT2D eigenvalue weighted by Crippen LogP contribution is 2.25. The van der Waals surface area contributed by atoms with Gasteiger partial charge in [-0.2, -0.15) is 0 Å². The summed E-state index contributed by atoms with van der Waals surface area (Å²) in [5, 5.41) is 5.88. The van der Waals surface area contributed by atoms with Crippen molar-refractivity contribution >= 4 is 29.3 Å². The molecule has 0 atom stereocenters. The molecule has 0 fully saturated rings. The monoisotopic (exact) mass is 316 g/mol. The van der Waals surface area contributed by atoms with Gasteiger partial charge in [-0.15, -0.1) is 0 Å². The minimum absolute atomic E-state index is 0.00910. The molecule has 3 aromatic rings. The quantitative estimate of drug-likeness (QED) is 0.528. The molecule has 0 aliphatic carbocycles. The molecule has 0 aliphatic heterocycles. The minimum Gasteiger partial charge on any atom is -0.354 e. The van der Waals surface area contributed by atoms with E-state index < -0.39 is 0 Å². The molecular formula is C20H16N2O2. The summed E-state index contributed by atoms with van der Waals surface area (Å²) < 4.78 is 0. The summed E-state index contributed by atoms with van der Waals surface area (Å²) in [7, 11) is 0. The zero-order valence-corrected chi connectivity index (χ0v) is 12.9. The van der Waals surface area contributed by atoms with Crippen molar-refractivity contribution in [1.82, 2.24) is 0 Å². The molecule has 1 amide bonds. The molecule has 0 saturated heterocycles. The van der Waals surface area contributed by atoms with Gasteiger partial charge in [-0.05, 0) is 36.4 Å². The fourth-order valence-corrected chi connectivity index (χ4v) is 2.40. The summed E-state index contributed by atoms with van der Waals surface area (Å²) >= 11 is 0. The second kappa shape index (κ2) is 7.24. The Morgan fingerprint density at radius 2 is 1.29 bits per heavy atom. The van der Waals surface area contributed by atoms with Crippen molar-refractivity contribution in [3.05, 3.63) is 90.0 Å². The molecule has 0 aliphatic rings. The summed E-state index contributed by atoms with van der Waals surface area (Å²) in [6.07, 6.45) is 0.641. The van der Waals surface area contributed by atoms with Gasteiger partial charge in [-0.1, -0.05) is 42.5 Å². The average molecular weight is 316 g/mol.